The predicted molar refractivity (Wildman–Crippen MR) is 51.6 cm³/mol. The van der Waals surface area contributed by atoms with Crippen LogP contribution in [-0.4, -0.2) is 36.0 Å². The van der Waals surface area contributed by atoms with Gasteiger partial charge in [0.2, 0.25) is 0 Å². The summed E-state index contributed by atoms with van der Waals surface area (Å²) in [7, 11) is 1.66. The van der Waals surface area contributed by atoms with Gasteiger partial charge in [-0.15, -0.1) is 0 Å². The van der Waals surface area contributed by atoms with E-state index in [9.17, 15) is 9.59 Å². The molecule has 0 spiro atoms. The van der Waals surface area contributed by atoms with Crippen LogP contribution in [0, 0.1) is 5.92 Å². The molecule has 0 saturated carbocycles. The summed E-state index contributed by atoms with van der Waals surface area (Å²) in [5, 5.41) is 0. The summed E-state index contributed by atoms with van der Waals surface area (Å²) in [5.74, 6) is -0.0280. The second-order valence-electron chi connectivity index (χ2n) is 4.17. The number of esters is 1. The lowest BCUT2D eigenvalue weighted by molar-refractivity contribution is -0.175. The minimum absolute atomic E-state index is 0.116. The van der Waals surface area contributed by atoms with Gasteiger partial charge in [-0.05, 0) is 19.3 Å². The molecule has 1 rings (SSSR count). The number of morpholine rings is 1. The number of likely N-dealkylation sites (N-methyl/N-ethyl adjacent to an activating group) is 1. The van der Waals surface area contributed by atoms with Crippen LogP contribution in [0.15, 0.2) is 0 Å². The number of carbonyl (C=O) groups is 2. The summed E-state index contributed by atoms with van der Waals surface area (Å²) in [6.45, 7) is 5.63. The molecule has 1 fully saturated rings. The van der Waals surface area contributed by atoms with Gasteiger partial charge in [0.25, 0.3) is 5.91 Å². The zero-order valence-electron chi connectivity index (χ0n) is 9.11. The third-order valence-corrected chi connectivity index (χ3v) is 2.42. The number of cyclic esters (lactones) is 1. The maximum absolute atomic E-state index is 11.5. The van der Waals surface area contributed by atoms with Crippen LogP contribution in [0.5, 0.6) is 0 Å². The molecule has 0 aliphatic carbocycles. The van der Waals surface area contributed by atoms with Gasteiger partial charge < -0.3 is 9.64 Å². The van der Waals surface area contributed by atoms with Crippen molar-refractivity contribution < 1.29 is 14.3 Å². The summed E-state index contributed by atoms with van der Waals surface area (Å²) < 4.78 is 4.95. The molecule has 0 aromatic rings. The van der Waals surface area contributed by atoms with Gasteiger partial charge in [-0.1, -0.05) is 13.8 Å². The van der Waals surface area contributed by atoms with Crippen LogP contribution in [0.25, 0.3) is 0 Å². The number of nitrogens with zero attached hydrogens (tertiary/aromatic N) is 1. The van der Waals surface area contributed by atoms with Crippen LogP contribution >= 0.6 is 0 Å². The van der Waals surface area contributed by atoms with Gasteiger partial charge in [-0.3, -0.25) is 4.79 Å². The number of carbonyl (C=O) groups excluding carboxylic acids is 2. The molecule has 1 aliphatic rings. The summed E-state index contributed by atoms with van der Waals surface area (Å²) in [4.78, 5) is 24.5. The van der Waals surface area contributed by atoms with E-state index >= 15 is 0 Å². The SMILES string of the molecule is CC(C)CC1C(=O)OC(C)C(=O)N1C. The number of rotatable bonds is 2. The predicted octanol–water partition coefficient (Wildman–Crippen LogP) is 0.805. The van der Waals surface area contributed by atoms with Gasteiger partial charge in [0.1, 0.15) is 6.04 Å². The Labute approximate surface area is 84.2 Å². The van der Waals surface area contributed by atoms with E-state index in [1.165, 1.54) is 4.90 Å². The van der Waals surface area contributed by atoms with E-state index in [1.54, 1.807) is 14.0 Å². The minimum atomic E-state index is -0.629. The van der Waals surface area contributed by atoms with Crippen LogP contribution in [0.2, 0.25) is 0 Å². The lowest BCUT2D eigenvalue weighted by Crippen LogP contribution is -2.54. The van der Waals surface area contributed by atoms with Crippen molar-refractivity contribution in [2.45, 2.75) is 39.3 Å². The Hall–Kier alpha value is -1.06. The monoisotopic (exact) mass is 199 g/mol. The quantitative estimate of drug-likeness (QED) is 0.618. The highest BCUT2D eigenvalue weighted by Gasteiger charge is 2.38. The second kappa shape index (κ2) is 3.98. The Kier molecular flexibility index (Phi) is 3.13. The fraction of sp³-hybridized carbons (Fsp3) is 0.800. The van der Waals surface area contributed by atoms with Crippen molar-refractivity contribution in [2.24, 2.45) is 5.92 Å². The molecule has 80 valence electrons. The third-order valence-electron chi connectivity index (χ3n) is 2.42. The van der Waals surface area contributed by atoms with Gasteiger partial charge in [-0.2, -0.15) is 0 Å². The Morgan fingerprint density at radius 2 is 2.00 bits per heavy atom. The van der Waals surface area contributed by atoms with E-state index in [1.807, 2.05) is 13.8 Å². The molecule has 4 nitrogen and oxygen atoms in total. The molecule has 0 aromatic heterocycles. The molecular formula is C10H17NO3. The van der Waals surface area contributed by atoms with Crippen molar-refractivity contribution in [1.29, 1.82) is 0 Å². The molecule has 0 N–H and O–H groups in total. The highest BCUT2D eigenvalue weighted by atomic mass is 16.6. The fourth-order valence-electron chi connectivity index (χ4n) is 1.60. The maximum Gasteiger partial charge on any atom is 0.329 e. The maximum atomic E-state index is 11.5. The van der Waals surface area contributed by atoms with Crippen LogP contribution in [0.3, 0.4) is 0 Å². The Morgan fingerprint density at radius 3 is 2.50 bits per heavy atom. The first-order chi connectivity index (χ1) is 6.43. The largest absolute Gasteiger partial charge is 0.451 e. The summed E-state index contributed by atoms with van der Waals surface area (Å²) in [5.41, 5.74) is 0. The Bertz CT molecular complexity index is 250. The molecule has 1 aliphatic heterocycles. The zero-order valence-corrected chi connectivity index (χ0v) is 9.11. The average Bonchev–Trinajstić information content (AvgIpc) is 2.09. The van der Waals surface area contributed by atoms with Gasteiger partial charge in [-0.25, -0.2) is 4.79 Å². The summed E-state index contributed by atoms with van der Waals surface area (Å²) >= 11 is 0. The van der Waals surface area contributed by atoms with Gasteiger partial charge >= 0.3 is 5.97 Å². The Morgan fingerprint density at radius 1 is 1.43 bits per heavy atom. The molecule has 1 heterocycles. The van der Waals surface area contributed by atoms with Crippen molar-refractivity contribution >= 4 is 11.9 Å². The molecule has 2 atom stereocenters. The van der Waals surface area contributed by atoms with Crippen molar-refractivity contribution in [3.8, 4) is 0 Å². The summed E-state index contributed by atoms with van der Waals surface area (Å²) in [6.07, 6.45) is 0.0317. The van der Waals surface area contributed by atoms with Gasteiger partial charge in [0.15, 0.2) is 6.10 Å². The fourth-order valence-corrected chi connectivity index (χ4v) is 1.60. The first-order valence-corrected chi connectivity index (χ1v) is 4.90. The van der Waals surface area contributed by atoms with Crippen LogP contribution < -0.4 is 0 Å². The topological polar surface area (TPSA) is 46.6 Å². The number of ether oxygens (including phenoxy) is 1. The van der Waals surface area contributed by atoms with Gasteiger partial charge in [0.05, 0.1) is 0 Å². The van der Waals surface area contributed by atoms with Crippen molar-refractivity contribution in [3.63, 3.8) is 0 Å². The molecule has 0 radical (unpaired) electrons. The zero-order chi connectivity index (χ0) is 10.9. The van der Waals surface area contributed by atoms with E-state index in [0.29, 0.717) is 12.3 Å². The number of hydrogen-bond acceptors (Lipinski definition) is 3. The standard InChI is InChI=1S/C10H17NO3/c1-6(2)5-8-10(13)14-7(3)9(12)11(8)4/h6-8H,5H2,1-4H3. The lowest BCUT2D eigenvalue weighted by atomic mass is 10.0. The molecule has 2 unspecified atom stereocenters. The molecule has 1 saturated heterocycles. The van der Waals surface area contributed by atoms with Crippen molar-refractivity contribution in [2.75, 3.05) is 7.05 Å². The minimum Gasteiger partial charge on any atom is -0.451 e. The molecular weight excluding hydrogens is 182 g/mol. The van der Waals surface area contributed by atoms with Gasteiger partial charge in [0, 0.05) is 7.05 Å². The second-order valence-corrected chi connectivity index (χ2v) is 4.17. The van der Waals surface area contributed by atoms with Crippen LogP contribution in [0.1, 0.15) is 27.2 Å². The van der Waals surface area contributed by atoms with Crippen LogP contribution in [-0.2, 0) is 14.3 Å². The van der Waals surface area contributed by atoms with E-state index in [2.05, 4.69) is 0 Å². The average molecular weight is 199 g/mol. The van der Waals surface area contributed by atoms with E-state index in [-0.39, 0.29) is 11.9 Å². The lowest BCUT2D eigenvalue weighted by Gasteiger charge is -2.34. The Balaban J connectivity index is 2.74. The molecule has 1 amide bonds. The highest BCUT2D eigenvalue weighted by molar-refractivity contribution is 5.92. The van der Waals surface area contributed by atoms with Crippen LogP contribution in [0.4, 0.5) is 0 Å². The molecule has 14 heavy (non-hydrogen) atoms. The van der Waals surface area contributed by atoms with Crippen molar-refractivity contribution in [1.82, 2.24) is 4.90 Å². The van der Waals surface area contributed by atoms with E-state index < -0.39 is 12.1 Å². The van der Waals surface area contributed by atoms with E-state index in [0.717, 1.165) is 0 Å². The highest BCUT2D eigenvalue weighted by Crippen LogP contribution is 2.18. The molecule has 0 bridgehead atoms. The first-order valence-electron chi connectivity index (χ1n) is 4.90. The third kappa shape index (κ3) is 2.05. The summed E-state index contributed by atoms with van der Waals surface area (Å²) in [6, 6.07) is -0.404. The van der Waals surface area contributed by atoms with E-state index in [4.69, 9.17) is 4.74 Å². The normalized spacial score (nSPS) is 28.2. The number of amides is 1. The smallest absolute Gasteiger partial charge is 0.329 e. The number of hydrogen-bond donors (Lipinski definition) is 0. The molecule has 0 aromatic carbocycles. The molecule has 4 heteroatoms. The first kappa shape index (κ1) is 11.0. The van der Waals surface area contributed by atoms with Crippen molar-refractivity contribution in [3.05, 3.63) is 0 Å².